The number of ketones is 1. The van der Waals surface area contributed by atoms with Crippen molar-refractivity contribution >= 4 is 11.8 Å². The number of ether oxygens (including phenoxy) is 1. The zero-order valence-electron chi connectivity index (χ0n) is 12.2. The van der Waals surface area contributed by atoms with Crippen LogP contribution in [0.2, 0.25) is 0 Å². The van der Waals surface area contributed by atoms with Gasteiger partial charge in [0.05, 0.1) is 25.7 Å². The number of aliphatic hydroxyl groups excluding tert-OH is 1. The quantitative estimate of drug-likeness (QED) is 0.557. The average Bonchev–Trinajstić information content (AvgIpc) is 2.46. The van der Waals surface area contributed by atoms with Gasteiger partial charge < -0.3 is 15.2 Å². The first-order valence-electron chi connectivity index (χ1n) is 6.79. The Labute approximate surface area is 123 Å². The molecule has 1 aromatic rings. The first-order valence-corrected chi connectivity index (χ1v) is 6.79. The van der Waals surface area contributed by atoms with Crippen LogP contribution in [0, 0.1) is 12.7 Å². The number of aliphatic hydroxyl groups is 1. The number of nitrogens with one attached hydrogen (secondary N) is 1. The van der Waals surface area contributed by atoms with Gasteiger partial charge in [-0.3, -0.25) is 9.59 Å². The molecule has 0 aliphatic carbocycles. The van der Waals surface area contributed by atoms with E-state index in [9.17, 15) is 14.0 Å². The molecule has 1 rings (SSSR count). The first kappa shape index (κ1) is 17.3. The fraction of sp³-hybridized carbons (Fsp3) is 0.467. The molecule has 1 atom stereocenters. The highest BCUT2D eigenvalue weighted by Gasteiger charge is 2.23. The monoisotopic (exact) mass is 297 g/mol. The molecule has 5 nitrogen and oxygen atoms in total. The molecule has 0 spiro atoms. The summed E-state index contributed by atoms with van der Waals surface area (Å²) in [5, 5.41) is 11.6. The predicted octanol–water partition coefficient (Wildman–Crippen LogP) is 1.22. The van der Waals surface area contributed by atoms with Gasteiger partial charge in [-0.05, 0) is 37.6 Å². The van der Waals surface area contributed by atoms with Crippen LogP contribution in [-0.2, 0) is 9.53 Å². The SMILES string of the molecule is CCOC(=O)CC(NCCO)C(=O)c1ccc(F)c(C)c1. The summed E-state index contributed by atoms with van der Waals surface area (Å²) in [5.74, 6) is -1.23. The number of esters is 1. The Balaban J connectivity index is 2.87. The molecule has 0 amide bonds. The van der Waals surface area contributed by atoms with Crippen molar-refractivity contribution in [3.63, 3.8) is 0 Å². The minimum Gasteiger partial charge on any atom is -0.466 e. The van der Waals surface area contributed by atoms with Gasteiger partial charge in [0.1, 0.15) is 5.82 Å². The topological polar surface area (TPSA) is 75.6 Å². The molecule has 0 saturated carbocycles. The van der Waals surface area contributed by atoms with Crippen LogP contribution in [0.3, 0.4) is 0 Å². The lowest BCUT2D eigenvalue weighted by Gasteiger charge is -2.16. The number of carbonyl (C=O) groups is 2. The van der Waals surface area contributed by atoms with Crippen molar-refractivity contribution in [1.82, 2.24) is 5.32 Å². The highest BCUT2D eigenvalue weighted by Crippen LogP contribution is 2.13. The van der Waals surface area contributed by atoms with E-state index in [4.69, 9.17) is 9.84 Å². The Morgan fingerprint density at radius 1 is 1.43 bits per heavy atom. The summed E-state index contributed by atoms with van der Waals surface area (Å²) in [6.45, 7) is 3.49. The van der Waals surface area contributed by atoms with Crippen LogP contribution >= 0.6 is 0 Å². The molecule has 21 heavy (non-hydrogen) atoms. The summed E-state index contributed by atoms with van der Waals surface area (Å²) in [4.78, 5) is 23.9. The summed E-state index contributed by atoms with van der Waals surface area (Å²) in [5.41, 5.74) is 0.673. The zero-order chi connectivity index (χ0) is 15.8. The van der Waals surface area contributed by atoms with Crippen molar-refractivity contribution in [2.24, 2.45) is 0 Å². The largest absolute Gasteiger partial charge is 0.466 e. The van der Waals surface area contributed by atoms with E-state index >= 15 is 0 Å². The number of hydrogen-bond acceptors (Lipinski definition) is 5. The van der Waals surface area contributed by atoms with Gasteiger partial charge in [-0.15, -0.1) is 0 Å². The summed E-state index contributed by atoms with van der Waals surface area (Å²) in [6.07, 6.45) is -0.136. The fourth-order valence-electron chi connectivity index (χ4n) is 1.88. The lowest BCUT2D eigenvalue weighted by atomic mass is 9.99. The van der Waals surface area contributed by atoms with E-state index in [1.54, 1.807) is 13.8 Å². The summed E-state index contributed by atoms with van der Waals surface area (Å²) >= 11 is 0. The number of aryl methyl sites for hydroxylation is 1. The van der Waals surface area contributed by atoms with Crippen LogP contribution in [0.5, 0.6) is 0 Å². The number of benzene rings is 1. The maximum Gasteiger partial charge on any atom is 0.307 e. The van der Waals surface area contributed by atoms with E-state index < -0.39 is 17.8 Å². The fourth-order valence-corrected chi connectivity index (χ4v) is 1.88. The van der Waals surface area contributed by atoms with Crippen molar-refractivity contribution in [2.75, 3.05) is 19.8 Å². The smallest absolute Gasteiger partial charge is 0.307 e. The van der Waals surface area contributed by atoms with Crippen molar-refractivity contribution in [3.05, 3.63) is 35.1 Å². The Morgan fingerprint density at radius 3 is 2.71 bits per heavy atom. The van der Waals surface area contributed by atoms with E-state index in [2.05, 4.69) is 5.32 Å². The molecular weight excluding hydrogens is 277 g/mol. The summed E-state index contributed by atoms with van der Waals surface area (Å²) in [6, 6.07) is 3.23. The van der Waals surface area contributed by atoms with Gasteiger partial charge in [0.25, 0.3) is 0 Å². The molecule has 0 bridgehead atoms. The molecule has 116 valence electrons. The number of Topliss-reactive ketones (excluding diaryl/α,β-unsaturated/α-hetero) is 1. The minimum atomic E-state index is -0.805. The van der Waals surface area contributed by atoms with Gasteiger partial charge in [0.15, 0.2) is 5.78 Å². The van der Waals surface area contributed by atoms with Crippen LogP contribution in [0.25, 0.3) is 0 Å². The Bertz CT molecular complexity index is 504. The second-order valence-corrected chi connectivity index (χ2v) is 4.57. The van der Waals surface area contributed by atoms with Crippen LogP contribution in [-0.4, -0.2) is 42.7 Å². The Morgan fingerprint density at radius 2 is 2.14 bits per heavy atom. The number of rotatable bonds is 8. The van der Waals surface area contributed by atoms with Gasteiger partial charge in [-0.1, -0.05) is 0 Å². The van der Waals surface area contributed by atoms with E-state index in [0.29, 0.717) is 11.1 Å². The second kappa shape index (κ2) is 8.49. The van der Waals surface area contributed by atoms with E-state index in [1.165, 1.54) is 18.2 Å². The molecule has 0 aliphatic heterocycles. The van der Waals surface area contributed by atoms with Gasteiger partial charge in [0, 0.05) is 12.1 Å². The van der Waals surface area contributed by atoms with Crippen LogP contribution in [0.15, 0.2) is 18.2 Å². The van der Waals surface area contributed by atoms with Crippen LogP contribution in [0.4, 0.5) is 4.39 Å². The molecule has 6 heteroatoms. The Kier molecular flexibility index (Phi) is 6.98. The molecule has 0 heterocycles. The second-order valence-electron chi connectivity index (χ2n) is 4.57. The third kappa shape index (κ3) is 5.24. The molecule has 0 fully saturated rings. The molecule has 0 saturated heterocycles. The van der Waals surface area contributed by atoms with Gasteiger partial charge in [-0.2, -0.15) is 0 Å². The first-order chi connectivity index (χ1) is 9.99. The zero-order valence-corrected chi connectivity index (χ0v) is 12.2. The van der Waals surface area contributed by atoms with Gasteiger partial charge in [0.2, 0.25) is 0 Å². The van der Waals surface area contributed by atoms with E-state index in [-0.39, 0.29) is 32.0 Å². The maximum absolute atomic E-state index is 13.2. The third-order valence-corrected chi connectivity index (χ3v) is 2.94. The van der Waals surface area contributed by atoms with Crippen molar-refractivity contribution in [3.8, 4) is 0 Å². The van der Waals surface area contributed by atoms with Gasteiger partial charge in [-0.25, -0.2) is 4.39 Å². The molecule has 0 aliphatic rings. The number of hydrogen-bond donors (Lipinski definition) is 2. The number of halogens is 1. The minimum absolute atomic E-state index is 0.136. The van der Waals surface area contributed by atoms with Crippen molar-refractivity contribution in [1.29, 1.82) is 0 Å². The third-order valence-electron chi connectivity index (χ3n) is 2.94. The average molecular weight is 297 g/mol. The maximum atomic E-state index is 13.2. The normalized spacial score (nSPS) is 12.0. The number of carbonyl (C=O) groups excluding carboxylic acids is 2. The molecule has 1 unspecified atom stereocenters. The van der Waals surface area contributed by atoms with Gasteiger partial charge >= 0.3 is 5.97 Å². The lowest BCUT2D eigenvalue weighted by Crippen LogP contribution is -2.40. The van der Waals surface area contributed by atoms with E-state index in [1.807, 2.05) is 0 Å². The molecule has 1 aromatic carbocycles. The van der Waals surface area contributed by atoms with Crippen molar-refractivity contribution < 1.29 is 23.8 Å². The lowest BCUT2D eigenvalue weighted by molar-refractivity contribution is -0.143. The van der Waals surface area contributed by atoms with Crippen LogP contribution < -0.4 is 5.32 Å². The summed E-state index contributed by atoms with van der Waals surface area (Å²) in [7, 11) is 0. The Hall–Kier alpha value is -1.79. The molecular formula is C15H20FNO4. The molecule has 0 radical (unpaired) electrons. The van der Waals surface area contributed by atoms with Crippen LogP contribution in [0.1, 0.15) is 29.3 Å². The van der Waals surface area contributed by atoms with E-state index in [0.717, 1.165) is 0 Å². The highest BCUT2D eigenvalue weighted by molar-refractivity contribution is 6.02. The summed E-state index contributed by atoms with van der Waals surface area (Å²) < 4.78 is 18.1. The predicted molar refractivity (Wildman–Crippen MR) is 75.6 cm³/mol. The standard InChI is InChI=1S/C15H20FNO4/c1-3-21-14(19)9-13(17-6-7-18)15(20)11-4-5-12(16)10(2)8-11/h4-5,8,13,17-18H,3,6-7,9H2,1-2H3. The highest BCUT2D eigenvalue weighted by atomic mass is 19.1. The van der Waals surface area contributed by atoms with Crippen molar-refractivity contribution in [2.45, 2.75) is 26.3 Å². The molecule has 2 N–H and O–H groups in total. The molecule has 0 aromatic heterocycles.